The smallest absolute Gasteiger partial charge is 0.491 e. The van der Waals surface area contributed by atoms with Gasteiger partial charge in [0.15, 0.2) is 0 Å². The first-order valence-corrected chi connectivity index (χ1v) is 8.30. The second-order valence-corrected chi connectivity index (χ2v) is 5.85. The van der Waals surface area contributed by atoms with Gasteiger partial charge >= 0.3 is 6.36 Å². The molecule has 0 aliphatic carbocycles. The fourth-order valence-electron chi connectivity index (χ4n) is 2.56. The van der Waals surface area contributed by atoms with Crippen molar-refractivity contribution in [3.05, 3.63) is 60.0 Å². The molecule has 0 atom stereocenters. The fourth-order valence-corrected chi connectivity index (χ4v) is 2.56. The SMILES string of the molecule is Fc1cc(OCCOC(F)(F)F)ccc1Nc1ccnc2cc(C(F)F)ccc12. The second kappa shape index (κ2) is 8.56. The van der Waals surface area contributed by atoms with Gasteiger partial charge in [0.05, 0.1) is 17.8 Å². The number of aromatic nitrogens is 1. The van der Waals surface area contributed by atoms with Gasteiger partial charge in [-0.1, -0.05) is 12.1 Å². The molecule has 0 unspecified atom stereocenters. The highest BCUT2D eigenvalue weighted by atomic mass is 19.4. The van der Waals surface area contributed by atoms with E-state index in [1.165, 1.54) is 36.5 Å². The molecule has 3 rings (SSSR count). The molecule has 0 aliphatic rings. The van der Waals surface area contributed by atoms with Crippen molar-refractivity contribution in [1.29, 1.82) is 0 Å². The summed E-state index contributed by atoms with van der Waals surface area (Å²) in [6.07, 6.45) is -5.99. The fraction of sp³-hybridized carbons (Fsp3) is 0.211. The van der Waals surface area contributed by atoms with E-state index in [0.29, 0.717) is 16.6 Å². The van der Waals surface area contributed by atoms with Crippen LogP contribution in [0.1, 0.15) is 12.0 Å². The Morgan fingerprint density at radius 3 is 2.45 bits per heavy atom. The lowest BCUT2D eigenvalue weighted by atomic mass is 10.1. The topological polar surface area (TPSA) is 43.4 Å². The lowest BCUT2D eigenvalue weighted by molar-refractivity contribution is -0.325. The van der Waals surface area contributed by atoms with Crippen molar-refractivity contribution >= 4 is 22.3 Å². The van der Waals surface area contributed by atoms with Gasteiger partial charge in [-0.3, -0.25) is 9.72 Å². The maximum absolute atomic E-state index is 14.3. The Balaban J connectivity index is 1.72. The Kier molecular flexibility index (Phi) is 6.12. The molecule has 0 amide bonds. The molecule has 1 aromatic heterocycles. The van der Waals surface area contributed by atoms with E-state index >= 15 is 0 Å². The standard InChI is InChI=1S/C19H14F6N2O2/c20-14-10-12(28-7-8-29-19(23,24)25)2-4-16(14)27-15-5-6-26-17-9-11(18(21)22)1-3-13(15)17/h1-6,9-10,18H,7-8H2,(H,26,27). The molecular formula is C19H14F6N2O2. The number of rotatable bonds is 7. The first kappa shape index (κ1) is 20.7. The second-order valence-electron chi connectivity index (χ2n) is 5.85. The highest BCUT2D eigenvalue weighted by Crippen LogP contribution is 2.30. The zero-order valence-electron chi connectivity index (χ0n) is 14.6. The predicted octanol–water partition coefficient (Wildman–Crippen LogP) is 5.97. The molecule has 2 aromatic carbocycles. The van der Waals surface area contributed by atoms with E-state index in [2.05, 4.69) is 15.0 Å². The summed E-state index contributed by atoms with van der Waals surface area (Å²) in [4.78, 5) is 4.04. The van der Waals surface area contributed by atoms with Crippen molar-refractivity contribution in [3.63, 3.8) is 0 Å². The number of pyridine rings is 1. The van der Waals surface area contributed by atoms with Crippen molar-refractivity contribution in [1.82, 2.24) is 4.98 Å². The number of anilines is 2. The Morgan fingerprint density at radius 1 is 0.966 bits per heavy atom. The number of hydrogen-bond acceptors (Lipinski definition) is 4. The van der Waals surface area contributed by atoms with Crippen molar-refractivity contribution < 1.29 is 35.8 Å². The van der Waals surface area contributed by atoms with Crippen molar-refractivity contribution in [3.8, 4) is 5.75 Å². The minimum atomic E-state index is -4.76. The van der Waals surface area contributed by atoms with E-state index in [1.807, 2.05) is 0 Å². The zero-order chi connectivity index (χ0) is 21.0. The van der Waals surface area contributed by atoms with E-state index < -0.39 is 31.8 Å². The van der Waals surface area contributed by atoms with Gasteiger partial charge in [-0.15, -0.1) is 13.2 Å². The van der Waals surface area contributed by atoms with E-state index in [-0.39, 0.29) is 17.0 Å². The Bertz CT molecular complexity index is 994. The summed E-state index contributed by atoms with van der Waals surface area (Å²) >= 11 is 0. The van der Waals surface area contributed by atoms with Crippen LogP contribution in [0.25, 0.3) is 10.9 Å². The average molecular weight is 416 g/mol. The largest absolute Gasteiger partial charge is 0.522 e. The predicted molar refractivity (Wildman–Crippen MR) is 93.9 cm³/mol. The maximum Gasteiger partial charge on any atom is 0.522 e. The molecule has 1 heterocycles. The molecule has 0 bridgehead atoms. The van der Waals surface area contributed by atoms with Gasteiger partial charge in [0.1, 0.15) is 18.2 Å². The summed E-state index contributed by atoms with van der Waals surface area (Å²) < 4.78 is 84.3. The zero-order valence-corrected chi connectivity index (χ0v) is 14.6. The normalized spacial score (nSPS) is 11.8. The number of benzene rings is 2. The van der Waals surface area contributed by atoms with Crippen LogP contribution in [-0.2, 0) is 4.74 Å². The van der Waals surface area contributed by atoms with Gasteiger partial charge in [-0.2, -0.15) is 0 Å². The number of nitrogens with one attached hydrogen (secondary N) is 1. The molecule has 29 heavy (non-hydrogen) atoms. The van der Waals surface area contributed by atoms with E-state index in [4.69, 9.17) is 4.74 Å². The quantitative estimate of drug-likeness (QED) is 0.381. The summed E-state index contributed by atoms with van der Waals surface area (Å²) in [6, 6.07) is 9.25. The number of fused-ring (bicyclic) bond motifs is 1. The van der Waals surface area contributed by atoms with E-state index in [9.17, 15) is 26.3 Å². The molecule has 1 N–H and O–H groups in total. The third kappa shape index (κ3) is 5.50. The van der Waals surface area contributed by atoms with Gasteiger partial charge in [0, 0.05) is 28.9 Å². The number of nitrogens with zero attached hydrogens (tertiary/aromatic N) is 1. The lowest BCUT2D eigenvalue weighted by Crippen LogP contribution is -2.18. The highest BCUT2D eigenvalue weighted by Gasteiger charge is 2.28. The molecule has 4 nitrogen and oxygen atoms in total. The van der Waals surface area contributed by atoms with Crippen LogP contribution in [0.3, 0.4) is 0 Å². The third-order valence-corrected chi connectivity index (χ3v) is 3.85. The van der Waals surface area contributed by atoms with E-state index in [1.54, 1.807) is 6.07 Å². The number of alkyl halides is 5. The molecule has 0 fully saturated rings. The summed E-state index contributed by atoms with van der Waals surface area (Å²) in [6.45, 7) is -1.14. The van der Waals surface area contributed by atoms with Crippen LogP contribution in [0.2, 0.25) is 0 Å². The summed E-state index contributed by atoms with van der Waals surface area (Å²) in [5.74, 6) is -0.687. The monoisotopic (exact) mass is 416 g/mol. The van der Waals surface area contributed by atoms with Gasteiger partial charge in [0.25, 0.3) is 6.43 Å². The molecule has 154 valence electrons. The Hall–Kier alpha value is -3.01. The Morgan fingerprint density at radius 2 is 1.76 bits per heavy atom. The molecular weight excluding hydrogens is 402 g/mol. The summed E-state index contributed by atoms with van der Waals surface area (Å²) in [5.41, 5.74) is 0.651. The molecule has 3 aromatic rings. The number of hydrogen-bond donors (Lipinski definition) is 1. The van der Waals surface area contributed by atoms with Crippen LogP contribution in [0.15, 0.2) is 48.7 Å². The number of ether oxygens (including phenoxy) is 2. The molecule has 0 saturated carbocycles. The molecule has 0 aliphatic heterocycles. The van der Waals surface area contributed by atoms with Crippen LogP contribution in [0.5, 0.6) is 5.75 Å². The third-order valence-electron chi connectivity index (χ3n) is 3.85. The maximum atomic E-state index is 14.3. The van der Waals surface area contributed by atoms with Crippen LogP contribution >= 0.6 is 0 Å². The summed E-state index contributed by atoms with van der Waals surface area (Å²) in [7, 11) is 0. The van der Waals surface area contributed by atoms with Gasteiger partial charge < -0.3 is 10.1 Å². The van der Waals surface area contributed by atoms with E-state index in [0.717, 1.165) is 6.07 Å². The molecule has 0 saturated heterocycles. The van der Waals surface area contributed by atoms with Crippen LogP contribution in [0.4, 0.5) is 37.7 Å². The lowest BCUT2D eigenvalue weighted by Gasteiger charge is -2.13. The molecule has 10 heteroatoms. The van der Waals surface area contributed by atoms with Gasteiger partial charge in [-0.25, -0.2) is 13.2 Å². The summed E-state index contributed by atoms with van der Waals surface area (Å²) in [5, 5.41) is 3.36. The number of halogens is 6. The minimum Gasteiger partial charge on any atom is -0.491 e. The van der Waals surface area contributed by atoms with Crippen LogP contribution in [0, 0.1) is 5.82 Å². The molecule has 0 spiro atoms. The highest BCUT2D eigenvalue weighted by molar-refractivity contribution is 5.93. The van der Waals surface area contributed by atoms with Crippen LogP contribution < -0.4 is 10.1 Å². The van der Waals surface area contributed by atoms with Crippen LogP contribution in [-0.4, -0.2) is 24.6 Å². The first-order chi connectivity index (χ1) is 13.7. The minimum absolute atomic E-state index is 0.0278. The van der Waals surface area contributed by atoms with Gasteiger partial charge in [0.2, 0.25) is 0 Å². The van der Waals surface area contributed by atoms with Crippen molar-refractivity contribution in [2.75, 3.05) is 18.5 Å². The van der Waals surface area contributed by atoms with Crippen molar-refractivity contribution in [2.24, 2.45) is 0 Å². The van der Waals surface area contributed by atoms with Crippen molar-refractivity contribution in [2.45, 2.75) is 12.8 Å². The molecule has 0 radical (unpaired) electrons. The first-order valence-electron chi connectivity index (χ1n) is 8.30. The van der Waals surface area contributed by atoms with Gasteiger partial charge in [-0.05, 0) is 24.3 Å². The average Bonchev–Trinajstić information content (AvgIpc) is 2.66. The Labute approximate surface area is 161 Å².